The maximum atomic E-state index is 2.32. The van der Waals surface area contributed by atoms with Crippen LogP contribution in [-0.2, 0) is 13.5 Å². The fourth-order valence-corrected chi connectivity index (χ4v) is 0. The molecule has 2 heteroatoms. The Morgan fingerprint density at radius 3 is 1.25 bits per heavy atom. The topological polar surface area (TPSA) is 0 Å². The van der Waals surface area contributed by atoms with E-state index in [0.29, 0.717) is 0 Å². The Labute approximate surface area is 44.6 Å². The maximum absolute atomic E-state index is 2.32. The molecule has 0 aromatic rings. The summed E-state index contributed by atoms with van der Waals surface area (Å²) in [6.07, 6.45) is 0. The van der Waals surface area contributed by atoms with E-state index in [1.54, 1.807) is 0 Å². The van der Waals surface area contributed by atoms with E-state index in [0.717, 1.165) is 0 Å². The Morgan fingerprint density at radius 1 is 1.25 bits per heavy atom. The van der Waals surface area contributed by atoms with Crippen molar-refractivity contribution in [1.82, 2.24) is 0 Å². The summed E-state index contributed by atoms with van der Waals surface area (Å²) < 4.78 is 0. The summed E-state index contributed by atoms with van der Waals surface area (Å²) in [5, 5.41) is 0. The van der Waals surface area contributed by atoms with E-state index in [1.165, 1.54) is 0 Å². The third kappa shape index (κ3) is 11.0. The van der Waals surface area contributed by atoms with Crippen LogP contribution in [0.1, 0.15) is 0 Å². The fourth-order valence-electron chi connectivity index (χ4n) is 0. The van der Waals surface area contributed by atoms with Crippen LogP contribution in [-0.4, -0.2) is 21.1 Å². The summed E-state index contributed by atoms with van der Waals surface area (Å²) in [6, 6.07) is 0. The number of thiol groups is 1. The van der Waals surface area contributed by atoms with Crippen LogP contribution >= 0.6 is 0 Å². The van der Waals surface area contributed by atoms with Gasteiger partial charge in [-0.25, -0.2) is 0 Å². The van der Waals surface area contributed by atoms with Crippen LogP contribution in [0, 0.1) is 0 Å². The van der Waals surface area contributed by atoms with Gasteiger partial charge in [-0.3, -0.25) is 0 Å². The molecule has 0 saturated heterocycles. The van der Waals surface area contributed by atoms with Gasteiger partial charge in [0, 0.05) is 0 Å². The predicted octanol–water partition coefficient (Wildman–Crippen LogP) is 0.249. The van der Waals surface area contributed by atoms with Crippen molar-refractivity contribution in [2.45, 2.75) is 9.88 Å². The van der Waals surface area contributed by atoms with Crippen LogP contribution in [0.4, 0.5) is 0 Å². The molecular formula is C2H8SSn. The van der Waals surface area contributed by atoms with Crippen LogP contribution < -0.4 is 0 Å². The molecule has 0 aromatic heterocycles. The summed E-state index contributed by atoms with van der Waals surface area (Å²) in [5.74, 6) is 0. The molecule has 0 rings (SSSR count). The van der Waals surface area contributed by atoms with Crippen molar-refractivity contribution in [3.63, 3.8) is 0 Å². The minimum absolute atomic E-state index is 0. The summed E-state index contributed by atoms with van der Waals surface area (Å²) in [7, 11) is 0. The Kier molecular flexibility index (Phi) is 19.9. The monoisotopic (exact) mass is 184 g/mol. The molecule has 0 nitrogen and oxygen atoms in total. The molecule has 0 bridgehead atoms. The van der Waals surface area contributed by atoms with Crippen LogP contribution in [0.15, 0.2) is 0 Å². The minimum atomic E-state index is 0. The molecular weight excluding hydrogens is 175 g/mol. The summed E-state index contributed by atoms with van der Waals surface area (Å²) in [5.41, 5.74) is 0. The second-order valence-corrected chi connectivity index (χ2v) is 3.87. The number of hydrogen-bond acceptors (Lipinski definition) is 1. The van der Waals surface area contributed by atoms with Gasteiger partial charge in [-0.15, -0.1) is 0 Å². The Balaban J connectivity index is 0. The van der Waals surface area contributed by atoms with Crippen molar-refractivity contribution in [2.75, 3.05) is 0 Å². The van der Waals surface area contributed by atoms with Crippen molar-refractivity contribution in [2.24, 2.45) is 0 Å². The Bertz CT molecular complexity index is 6.00. The third-order valence-corrected chi connectivity index (χ3v) is 0. The third-order valence-electron chi connectivity index (χ3n) is 0. The first kappa shape index (κ1) is 8.94. The smallest absolute Gasteiger partial charge is 0.813 e. The molecule has 26 valence electrons. The van der Waals surface area contributed by atoms with Gasteiger partial charge in [0.1, 0.15) is 0 Å². The van der Waals surface area contributed by atoms with E-state index >= 15 is 0 Å². The molecule has 0 radical (unpaired) electrons. The summed E-state index contributed by atoms with van der Waals surface area (Å²) in [6.45, 7) is 0. The van der Waals surface area contributed by atoms with Crippen molar-refractivity contribution < 1.29 is 0 Å². The van der Waals surface area contributed by atoms with Crippen LogP contribution in [0.5, 0.6) is 0 Å². The molecule has 0 fully saturated rings. The van der Waals surface area contributed by atoms with Crippen molar-refractivity contribution >= 4 is 34.6 Å². The molecule has 0 saturated carbocycles. The number of hydrogen-bond donors (Lipinski definition) is 0. The van der Waals surface area contributed by atoms with Gasteiger partial charge in [0.2, 0.25) is 0 Å². The van der Waals surface area contributed by atoms with Gasteiger partial charge >= 0.3 is 31.0 Å². The average molecular weight is 183 g/mol. The largest absolute Gasteiger partial charge is 0.813 e. The zero-order chi connectivity index (χ0) is 2.71. The van der Waals surface area contributed by atoms with Gasteiger partial charge in [-0.05, 0) is 0 Å². The molecule has 0 amide bonds. The molecule has 0 atom stereocenters. The van der Waals surface area contributed by atoms with Crippen molar-refractivity contribution in [3.05, 3.63) is 0 Å². The zero-order valence-corrected chi connectivity index (χ0v) is 7.21. The van der Waals surface area contributed by atoms with Gasteiger partial charge in [0.15, 0.2) is 0 Å². The SMILES string of the molecule is [CH3][SnH+][CH3].[SH-]. The summed E-state index contributed by atoms with van der Waals surface area (Å²) >= 11 is 0.110. The van der Waals surface area contributed by atoms with E-state index < -0.39 is 0 Å². The average Bonchev–Trinajstić information content (AvgIpc) is 0.918. The second-order valence-electron chi connectivity index (χ2n) is 0.577. The zero-order valence-electron chi connectivity index (χ0n) is 3.02. The maximum Gasteiger partial charge on any atom is -0.813 e. The van der Waals surface area contributed by atoms with Gasteiger partial charge in [-0.1, -0.05) is 0 Å². The van der Waals surface area contributed by atoms with Crippen LogP contribution in [0.25, 0.3) is 0 Å². The van der Waals surface area contributed by atoms with E-state index in [9.17, 15) is 0 Å². The first-order valence-corrected chi connectivity index (χ1v) is 7.75. The Hall–Kier alpha value is 1.15. The second kappa shape index (κ2) is 8.91. The number of rotatable bonds is 0. The first-order valence-electron chi connectivity index (χ1n) is 1.15. The molecule has 0 N–H and O–H groups in total. The standard InChI is InChI=1S/2CH3.H2S.Sn.H/h2*1H3;1H2;;/q;;;+1;/p-1. The molecule has 0 aliphatic rings. The molecule has 0 heterocycles. The normalized spacial score (nSPS) is 3.50. The van der Waals surface area contributed by atoms with Crippen molar-refractivity contribution in [1.29, 1.82) is 0 Å². The van der Waals surface area contributed by atoms with Crippen LogP contribution in [0.3, 0.4) is 0 Å². The molecule has 0 unspecified atom stereocenters. The van der Waals surface area contributed by atoms with Gasteiger partial charge in [0.05, 0.1) is 0 Å². The van der Waals surface area contributed by atoms with Gasteiger partial charge in [-0.2, -0.15) is 0 Å². The molecule has 0 aliphatic carbocycles. The minimum Gasteiger partial charge on any atom is -0.813 e. The molecule has 0 aromatic carbocycles. The van der Waals surface area contributed by atoms with E-state index in [4.69, 9.17) is 0 Å². The Morgan fingerprint density at radius 2 is 1.25 bits per heavy atom. The molecule has 0 spiro atoms. The molecule has 4 heavy (non-hydrogen) atoms. The van der Waals surface area contributed by atoms with E-state index in [-0.39, 0.29) is 34.6 Å². The van der Waals surface area contributed by atoms with E-state index in [1.807, 2.05) is 0 Å². The summed E-state index contributed by atoms with van der Waals surface area (Å²) in [4.78, 5) is 4.63. The van der Waals surface area contributed by atoms with Crippen molar-refractivity contribution in [3.8, 4) is 0 Å². The predicted molar refractivity (Wildman–Crippen MR) is 27.6 cm³/mol. The quantitative estimate of drug-likeness (QED) is 0.294. The van der Waals surface area contributed by atoms with E-state index in [2.05, 4.69) is 9.88 Å². The first-order chi connectivity index (χ1) is 1.41. The molecule has 0 aliphatic heterocycles. The van der Waals surface area contributed by atoms with Crippen LogP contribution in [0.2, 0.25) is 9.88 Å². The van der Waals surface area contributed by atoms with Gasteiger partial charge < -0.3 is 13.5 Å². The fraction of sp³-hybridized carbons (Fsp3) is 1.00. The van der Waals surface area contributed by atoms with Gasteiger partial charge in [0.25, 0.3) is 0 Å².